The zero-order valence-corrected chi connectivity index (χ0v) is 12.6. The van der Waals surface area contributed by atoms with Crippen LogP contribution in [-0.4, -0.2) is 14.7 Å². The first-order valence-electron chi connectivity index (χ1n) is 6.54. The van der Waals surface area contributed by atoms with E-state index in [1.54, 1.807) is 18.2 Å². The molecule has 1 aromatic heterocycles. The van der Waals surface area contributed by atoms with E-state index in [-0.39, 0.29) is 0 Å². The van der Waals surface area contributed by atoms with E-state index in [2.05, 4.69) is 9.44 Å². The fourth-order valence-corrected chi connectivity index (χ4v) is 2.26. The molecule has 5 nitrogen and oxygen atoms in total. The lowest BCUT2D eigenvalue weighted by Crippen LogP contribution is -2.07. The topological polar surface area (TPSA) is 68.9 Å². The van der Waals surface area contributed by atoms with Gasteiger partial charge in [-0.2, -0.15) is 8.42 Å². The molecule has 0 saturated heterocycles. The second kappa shape index (κ2) is 5.65. The predicted octanol–water partition coefficient (Wildman–Crippen LogP) is 2.89. The van der Waals surface area contributed by atoms with Gasteiger partial charge >= 0.3 is 10.1 Å². The van der Waals surface area contributed by atoms with Crippen molar-refractivity contribution in [2.45, 2.75) is 0 Å². The van der Waals surface area contributed by atoms with Crippen LogP contribution in [0.15, 0.2) is 70.2 Å². The van der Waals surface area contributed by atoms with E-state index in [0.717, 1.165) is 11.8 Å². The van der Waals surface area contributed by atoms with Crippen LogP contribution < -0.4 is 5.36 Å². The summed E-state index contributed by atoms with van der Waals surface area (Å²) in [5, 5.41) is 4.81. The molecule has 0 bridgehead atoms. The van der Waals surface area contributed by atoms with Crippen molar-refractivity contribution in [3.8, 4) is 11.3 Å². The van der Waals surface area contributed by atoms with Crippen molar-refractivity contribution in [1.29, 1.82) is 0 Å². The fourth-order valence-electron chi connectivity index (χ4n) is 2.05. The molecule has 6 heteroatoms. The predicted molar refractivity (Wildman–Crippen MR) is 83.1 cm³/mol. The Labute approximate surface area is 127 Å². The summed E-state index contributed by atoms with van der Waals surface area (Å²) in [7, 11) is -3.67. The largest absolute Gasteiger partial charge is 0.456 e. The van der Waals surface area contributed by atoms with Gasteiger partial charge in [0.1, 0.15) is 16.7 Å². The van der Waals surface area contributed by atoms with Crippen molar-refractivity contribution in [1.82, 2.24) is 0 Å². The van der Waals surface area contributed by atoms with Crippen LogP contribution >= 0.6 is 0 Å². The number of hydrogen-bond acceptors (Lipinski definition) is 5. The quantitative estimate of drug-likeness (QED) is 0.697. The second-order valence-corrected chi connectivity index (χ2v) is 6.29. The molecule has 0 atom stereocenters. The third kappa shape index (κ3) is 3.17. The number of rotatable bonds is 3. The van der Waals surface area contributed by atoms with E-state index < -0.39 is 10.1 Å². The Balaban J connectivity index is 2.25. The molecule has 1 heterocycles. The van der Waals surface area contributed by atoms with E-state index in [4.69, 9.17) is 4.42 Å². The summed E-state index contributed by atoms with van der Waals surface area (Å²) < 4.78 is 32.7. The highest BCUT2D eigenvalue weighted by Gasteiger charge is 2.07. The zero-order chi connectivity index (χ0) is 15.6. The molecular weight excluding hydrogens is 302 g/mol. The Morgan fingerprint density at radius 2 is 1.68 bits per heavy atom. The lowest BCUT2D eigenvalue weighted by atomic mass is 10.1. The molecule has 22 heavy (non-hydrogen) atoms. The molecule has 0 radical (unpaired) electrons. The van der Waals surface area contributed by atoms with Crippen molar-refractivity contribution in [3.05, 3.63) is 66.0 Å². The molecule has 0 saturated carbocycles. The molecule has 0 spiro atoms. The minimum absolute atomic E-state index is 0.395. The Morgan fingerprint density at radius 1 is 1.00 bits per heavy atom. The van der Waals surface area contributed by atoms with Crippen molar-refractivity contribution >= 4 is 21.1 Å². The van der Waals surface area contributed by atoms with Gasteiger partial charge in [-0.05, 0) is 12.1 Å². The van der Waals surface area contributed by atoms with Crippen molar-refractivity contribution in [2.24, 2.45) is 5.16 Å². The molecule has 0 aliphatic heterocycles. The Kier molecular flexibility index (Phi) is 3.68. The van der Waals surface area contributed by atoms with Gasteiger partial charge in [-0.25, -0.2) is 0 Å². The van der Waals surface area contributed by atoms with Crippen LogP contribution in [0.5, 0.6) is 0 Å². The molecule has 0 fully saturated rings. The molecule has 0 amide bonds. The van der Waals surface area contributed by atoms with E-state index >= 15 is 0 Å². The minimum Gasteiger partial charge on any atom is -0.456 e. The average molecular weight is 315 g/mol. The van der Waals surface area contributed by atoms with Crippen molar-refractivity contribution in [2.75, 3.05) is 6.26 Å². The van der Waals surface area contributed by atoms with Gasteiger partial charge in [-0.1, -0.05) is 47.6 Å². The Morgan fingerprint density at radius 3 is 2.41 bits per heavy atom. The first-order chi connectivity index (χ1) is 10.5. The van der Waals surface area contributed by atoms with Crippen molar-refractivity contribution in [3.63, 3.8) is 0 Å². The molecular formula is C16H13NO4S. The van der Waals surface area contributed by atoms with Gasteiger partial charge in [0.15, 0.2) is 0 Å². The lowest BCUT2D eigenvalue weighted by Gasteiger charge is -2.04. The van der Waals surface area contributed by atoms with Crippen LogP contribution in [0.3, 0.4) is 0 Å². The number of nitrogens with zero attached hydrogens (tertiary/aromatic N) is 1. The summed E-state index contributed by atoms with van der Waals surface area (Å²) in [5.41, 5.74) is 1.46. The van der Waals surface area contributed by atoms with E-state index in [0.29, 0.717) is 22.1 Å². The van der Waals surface area contributed by atoms with E-state index in [1.165, 1.54) is 0 Å². The van der Waals surface area contributed by atoms with Crippen LogP contribution in [-0.2, 0) is 14.4 Å². The maximum Gasteiger partial charge on any atom is 0.325 e. The van der Waals surface area contributed by atoms with Gasteiger partial charge in [0.2, 0.25) is 0 Å². The van der Waals surface area contributed by atoms with Gasteiger partial charge in [0, 0.05) is 17.0 Å². The van der Waals surface area contributed by atoms with Crippen LogP contribution in [0.25, 0.3) is 22.3 Å². The standard InChI is InChI=1S/C16H13NO4S/c1-22(18,19)21-17-14-11-16(12-7-3-2-4-8-12)20-15-10-6-5-9-13(14)15/h2-11H,1H3. The number of fused-ring (bicyclic) bond motifs is 1. The summed E-state index contributed by atoms with van der Waals surface area (Å²) in [5.74, 6) is 0.579. The molecule has 0 unspecified atom stereocenters. The van der Waals surface area contributed by atoms with Gasteiger partial charge in [-0.15, -0.1) is 0 Å². The average Bonchev–Trinajstić information content (AvgIpc) is 2.52. The molecule has 0 aliphatic carbocycles. The Bertz CT molecular complexity index is 976. The second-order valence-electron chi connectivity index (χ2n) is 4.73. The van der Waals surface area contributed by atoms with E-state index in [1.807, 2.05) is 42.5 Å². The third-order valence-corrected chi connectivity index (χ3v) is 3.33. The first-order valence-corrected chi connectivity index (χ1v) is 8.35. The third-order valence-electron chi connectivity index (χ3n) is 2.98. The normalized spacial score (nSPS) is 12.5. The molecule has 112 valence electrons. The highest BCUT2D eigenvalue weighted by Crippen LogP contribution is 2.21. The molecule has 3 aromatic rings. The van der Waals surface area contributed by atoms with Gasteiger partial charge in [0.25, 0.3) is 0 Å². The maximum atomic E-state index is 11.2. The smallest absolute Gasteiger partial charge is 0.325 e. The van der Waals surface area contributed by atoms with Crippen molar-refractivity contribution < 1.29 is 17.1 Å². The molecule has 2 aromatic carbocycles. The number of benzene rings is 2. The molecule has 3 rings (SSSR count). The summed E-state index contributed by atoms with van der Waals surface area (Å²) in [4.78, 5) is 0. The molecule has 0 aliphatic rings. The van der Waals surface area contributed by atoms with Gasteiger partial charge in [0.05, 0.1) is 6.26 Å². The van der Waals surface area contributed by atoms with E-state index in [9.17, 15) is 8.42 Å². The molecule has 0 N–H and O–H groups in total. The van der Waals surface area contributed by atoms with Crippen LogP contribution in [0.2, 0.25) is 0 Å². The number of para-hydroxylation sites is 1. The first kappa shape index (κ1) is 14.3. The lowest BCUT2D eigenvalue weighted by molar-refractivity contribution is 0.329. The SMILES string of the molecule is CS(=O)(=O)ON=c1cc(-c2ccccc2)oc2ccccc12. The highest BCUT2D eigenvalue weighted by atomic mass is 32.2. The summed E-state index contributed by atoms with van der Waals surface area (Å²) >= 11 is 0. The van der Waals surface area contributed by atoms with Gasteiger partial charge in [-0.3, -0.25) is 4.28 Å². The number of hydrogen-bond donors (Lipinski definition) is 0. The monoisotopic (exact) mass is 315 g/mol. The Hall–Kier alpha value is -2.60. The maximum absolute atomic E-state index is 11.2. The minimum atomic E-state index is -3.67. The summed E-state index contributed by atoms with van der Waals surface area (Å²) in [6.07, 6.45) is 0.949. The summed E-state index contributed by atoms with van der Waals surface area (Å²) in [6, 6.07) is 18.4. The van der Waals surface area contributed by atoms with Crippen LogP contribution in [0.1, 0.15) is 0 Å². The highest BCUT2D eigenvalue weighted by molar-refractivity contribution is 7.85. The van der Waals surface area contributed by atoms with Crippen LogP contribution in [0, 0.1) is 0 Å². The summed E-state index contributed by atoms with van der Waals surface area (Å²) in [6.45, 7) is 0. The van der Waals surface area contributed by atoms with Gasteiger partial charge < -0.3 is 4.42 Å². The fraction of sp³-hybridized carbons (Fsp3) is 0.0625. The van der Waals surface area contributed by atoms with Crippen LogP contribution in [0.4, 0.5) is 0 Å². The zero-order valence-electron chi connectivity index (χ0n) is 11.8.